The van der Waals surface area contributed by atoms with Gasteiger partial charge < -0.3 is 4.74 Å². The van der Waals surface area contributed by atoms with Crippen LogP contribution in [0.5, 0.6) is 5.75 Å². The van der Waals surface area contributed by atoms with E-state index in [1.165, 1.54) is 11.8 Å². The van der Waals surface area contributed by atoms with Crippen molar-refractivity contribution in [1.29, 1.82) is 0 Å². The molecule has 3 aromatic rings. The minimum absolute atomic E-state index is 0.620. The van der Waals surface area contributed by atoms with Gasteiger partial charge in [-0.15, -0.1) is 10.2 Å². The Morgan fingerprint density at radius 1 is 1.14 bits per heavy atom. The number of hydrogen-bond donors (Lipinski definition) is 0. The zero-order valence-electron chi connectivity index (χ0n) is 16.3. The summed E-state index contributed by atoms with van der Waals surface area (Å²) in [6.07, 6.45) is 3.96. The summed E-state index contributed by atoms with van der Waals surface area (Å²) in [6.45, 7) is 4.75. The summed E-state index contributed by atoms with van der Waals surface area (Å²) >= 11 is 13.7. The Hall–Kier alpha value is -2.02. The van der Waals surface area contributed by atoms with E-state index in [1.807, 2.05) is 43.3 Å². The van der Waals surface area contributed by atoms with E-state index in [-0.39, 0.29) is 0 Å². The minimum Gasteiger partial charge on any atom is -0.494 e. The summed E-state index contributed by atoms with van der Waals surface area (Å²) in [7, 11) is 0. The smallest absolute Gasteiger partial charge is 0.212 e. The lowest BCUT2D eigenvalue weighted by Gasteiger charge is -2.06. The zero-order valence-corrected chi connectivity index (χ0v) is 18.6. The van der Waals surface area contributed by atoms with Crippen LogP contribution in [0, 0.1) is 6.92 Å². The van der Waals surface area contributed by atoms with E-state index < -0.39 is 0 Å². The van der Waals surface area contributed by atoms with Crippen molar-refractivity contribution in [3.63, 3.8) is 0 Å². The molecule has 8 heteroatoms. The van der Waals surface area contributed by atoms with Gasteiger partial charge in [0, 0.05) is 15.8 Å². The van der Waals surface area contributed by atoms with Crippen LogP contribution in [0.4, 0.5) is 0 Å². The predicted molar refractivity (Wildman–Crippen MR) is 121 cm³/mol. The van der Waals surface area contributed by atoms with Gasteiger partial charge >= 0.3 is 0 Å². The van der Waals surface area contributed by atoms with Gasteiger partial charge in [-0.1, -0.05) is 54.4 Å². The van der Waals surface area contributed by atoms with Crippen LogP contribution in [-0.2, 0) is 5.75 Å². The molecule has 0 bridgehead atoms. The summed E-state index contributed by atoms with van der Waals surface area (Å²) in [4.78, 5) is 0. The van der Waals surface area contributed by atoms with E-state index in [9.17, 15) is 0 Å². The first kappa shape index (κ1) is 21.7. The summed E-state index contributed by atoms with van der Waals surface area (Å²) in [5, 5.41) is 14.9. The number of thioether (sulfide) groups is 1. The highest BCUT2D eigenvalue weighted by Crippen LogP contribution is 2.28. The number of ether oxygens (including phenoxy) is 1. The van der Waals surface area contributed by atoms with Gasteiger partial charge in [0.25, 0.3) is 0 Å². The summed E-state index contributed by atoms with van der Waals surface area (Å²) in [5.41, 5.74) is 1.95. The monoisotopic (exact) mass is 448 g/mol. The quantitative estimate of drug-likeness (QED) is 0.220. The first-order valence-electron chi connectivity index (χ1n) is 9.32. The van der Waals surface area contributed by atoms with E-state index in [1.54, 1.807) is 17.0 Å². The molecule has 0 saturated carbocycles. The van der Waals surface area contributed by atoms with Crippen molar-refractivity contribution in [2.45, 2.75) is 37.6 Å². The van der Waals surface area contributed by atoms with Crippen molar-refractivity contribution in [2.75, 3.05) is 6.61 Å². The fourth-order valence-electron chi connectivity index (χ4n) is 2.45. The average molecular weight is 449 g/mol. The normalized spacial score (nSPS) is 11.3. The molecule has 0 fully saturated rings. The zero-order chi connectivity index (χ0) is 20.6. The minimum atomic E-state index is 0.620. The highest BCUT2D eigenvalue weighted by molar-refractivity contribution is 7.98. The van der Waals surface area contributed by atoms with Crippen molar-refractivity contribution in [3.05, 3.63) is 69.5 Å². The van der Waals surface area contributed by atoms with Crippen molar-refractivity contribution in [3.8, 4) is 5.75 Å². The molecule has 0 aliphatic heterocycles. The third-order valence-electron chi connectivity index (χ3n) is 4.11. The lowest BCUT2D eigenvalue weighted by atomic mass is 10.2. The molecular weight excluding hydrogens is 427 g/mol. The van der Waals surface area contributed by atoms with E-state index in [2.05, 4.69) is 22.2 Å². The SMILES string of the molecule is CCCCOc1ccc(/C=N/n2c(C)nnc2SCc2ccc(Cl)cc2Cl)cc1. The topological polar surface area (TPSA) is 52.3 Å². The van der Waals surface area contributed by atoms with Crippen molar-refractivity contribution >= 4 is 41.2 Å². The fourth-order valence-corrected chi connectivity index (χ4v) is 3.94. The van der Waals surface area contributed by atoms with Crippen LogP contribution in [0.3, 0.4) is 0 Å². The molecule has 0 aliphatic carbocycles. The molecule has 1 aromatic heterocycles. The molecule has 0 saturated heterocycles. The molecule has 152 valence electrons. The molecule has 5 nitrogen and oxygen atoms in total. The average Bonchev–Trinajstić information content (AvgIpc) is 3.06. The molecule has 3 rings (SSSR count). The van der Waals surface area contributed by atoms with Gasteiger partial charge in [-0.05, 0) is 60.9 Å². The van der Waals surface area contributed by atoms with Crippen LogP contribution in [0.25, 0.3) is 0 Å². The standard InChI is InChI=1S/C21H22Cl2N4OS/c1-3-4-11-28-19-9-5-16(6-10-19)13-24-27-15(2)25-26-21(27)29-14-17-7-8-18(22)12-20(17)23/h5-10,12-13H,3-4,11,14H2,1-2H3/b24-13+. The molecule has 0 atom stereocenters. The fraction of sp³-hybridized carbons (Fsp3) is 0.286. The Kier molecular flexibility index (Phi) is 7.98. The summed E-state index contributed by atoms with van der Waals surface area (Å²) in [6, 6.07) is 13.3. The molecule has 0 amide bonds. The van der Waals surface area contributed by atoms with Crippen LogP contribution < -0.4 is 4.74 Å². The summed E-state index contributed by atoms with van der Waals surface area (Å²) < 4.78 is 7.41. The molecule has 29 heavy (non-hydrogen) atoms. The Labute approximate surface area is 185 Å². The molecule has 2 aromatic carbocycles. The van der Waals surface area contributed by atoms with Gasteiger partial charge in [-0.2, -0.15) is 9.78 Å². The largest absolute Gasteiger partial charge is 0.494 e. The number of unbranched alkanes of at least 4 members (excludes halogenated alkanes) is 1. The number of nitrogens with zero attached hydrogens (tertiary/aromatic N) is 4. The lowest BCUT2D eigenvalue weighted by Crippen LogP contribution is -1.98. The molecule has 0 aliphatic rings. The maximum absolute atomic E-state index is 6.25. The Bertz CT molecular complexity index is 973. The second kappa shape index (κ2) is 10.7. The number of hydrogen-bond acceptors (Lipinski definition) is 5. The molecule has 0 spiro atoms. The van der Waals surface area contributed by atoms with E-state index >= 15 is 0 Å². The van der Waals surface area contributed by atoms with Gasteiger partial charge in [-0.3, -0.25) is 0 Å². The Morgan fingerprint density at radius 3 is 2.66 bits per heavy atom. The molecule has 0 radical (unpaired) electrons. The highest BCUT2D eigenvalue weighted by Gasteiger charge is 2.10. The second-order valence-corrected chi connectivity index (χ2v) is 8.17. The van der Waals surface area contributed by atoms with Gasteiger partial charge in [0.2, 0.25) is 5.16 Å². The van der Waals surface area contributed by atoms with Gasteiger partial charge in [0.15, 0.2) is 5.82 Å². The molecule has 0 N–H and O–H groups in total. The maximum atomic E-state index is 6.25. The highest BCUT2D eigenvalue weighted by atomic mass is 35.5. The summed E-state index contributed by atoms with van der Waals surface area (Å²) in [5.74, 6) is 2.23. The lowest BCUT2D eigenvalue weighted by molar-refractivity contribution is 0.309. The maximum Gasteiger partial charge on any atom is 0.212 e. The molecule has 0 unspecified atom stereocenters. The predicted octanol–water partition coefficient (Wildman–Crippen LogP) is 6.25. The third-order valence-corrected chi connectivity index (χ3v) is 5.66. The Morgan fingerprint density at radius 2 is 1.93 bits per heavy atom. The van der Waals surface area contributed by atoms with E-state index in [0.29, 0.717) is 26.8 Å². The third kappa shape index (κ3) is 6.23. The van der Waals surface area contributed by atoms with Crippen LogP contribution in [0.15, 0.2) is 52.7 Å². The van der Waals surface area contributed by atoms with Gasteiger partial charge in [0.1, 0.15) is 5.75 Å². The number of aryl methyl sites for hydroxylation is 1. The second-order valence-electron chi connectivity index (χ2n) is 6.38. The van der Waals surface area contributed by atoms with Crippen LogP contribution in [0.1, 0.15) is 36.7 Å². The van der Waals surface area contributed by atoms with E-state index in [4.69, 9.17) is 27.9 Å². The van der Waals surface area contributed by atoms with Crippen molar-refractivity contribution in [1.82, 2.24) is 14.9 Å². The van der Waals surface area contributed by atoms with E-state index in [0.717, 1.165) is 36.3 Å². The molecule has 1 heterocycles. The number of benzene rings is 2. The first-order valence-corrected chi connectivity index (χ1v) is 11.1. The van der Waals surface area contributed by atoms with Crippen molar-refractivity contribution in [2.24, 2.45) is 5.10 Å². The van der Waals surface area contributed by atoms with Gasteiger partial charge in [-0.25, -0.2) is 0 Å². The van der Waals surface area contributed by atoms with Crippen molar-refractivity contribution < 1.29 is 4.74 Å². The molecular formula is C21H22Cl2N4OS. The van der Waals surface area contributed by atoms with Crippen LogP contribution in [0.2, 0.25) is 10.0 Å². The van der Waals surface area contributed by atoms with Crippen LogP contribution in [-0.4, -0.2) is 27.7 Å². The Balaban J connectivity index is 1.66. The first-order chi connectivity index (χ1) is 14.1. The van der Waals surface area contributed by atoms with Gasteiger partial charge in [0.05, 0.1) is 12.8 Å². The number of aromatic nitrogens is 3. The number of halogens is 2. The number of rotatable bonds is 9. The van der Waals surface area contributed by atoms with Crippen LogP contribution >= 0.6 is 35.0 Å².